The molecule has 1 fully saturated rings. The van der Waals surface area contributed by atoms with Crippen molar-refractivity contribution in [2.75, 3.05) is 19.6 Å². The van der Waals surface area contributed by atoms with Crippen LogP contribution in [0.5, 0.6) is 0 Å². The first kappa shape index (κ1) is 22.0. The summed E-state index contributed by atoms with van der Waals surface area (Å²) in [6.45, 7) is 2.43. The lowest BCUT2D eigenvalue weighted by Crippen LogP contribution is -2.39. The van der Waals surface area contributed by atoms with Crippen molar-refractivity contribution in [2.24, 2.45) is 5.92 Å². The molecule has 4 nitrogen and oxygen atoms in total. The number of rotatable bonds is 8. The summed E-state index contributed by atoms with van der Waals surface area (Å²) in [7, 11) is 0. The molecule has 1 amide bonds. The molecule has 1 heterocycles. The summed E-state index contributed by atoms with van der Waals surface area (Å²) < 4.78 is 0. The molecule has 0 atom stereocenters. The van der Waals surface area contributed by atoms with Gasteiger partial charge in [-0.3, -0.25) is 9.59 Å². The number of Topliss-reactive ketones (excluding diaryl/α,β-unsaturated/α-hetero) is 1. The van der Waals surface area contributed by atoms with Crippen LogP contribution >= 0.6 is 0 Å². The minimum atomic E-state index is -0.154. The third-order valence-electron chi connectivity index (χ3n) is 6.24. The van der Waals surface area contributed by atoms with Crippen LogP contribution in [0.15, 0.2) is 91.0 Å². The zero-order valence-electron chi connectivity index (χ0n) is 18.3. The number of piperidine rings is 1. The van der Waals surface area contributed by atoms with Crippen LogP contribution in [-0.4, -0.2) is 36.2 Å². The van der Waals surface area contributed by atoms with Gasteiger partial charge < -0.3 is 10.2 Å². The second-order valence-corrected chi connectivity index (χ2v) is 8.42. The van der Waals surface area contributed by atoms with E-state index in [4.69, 9.17) is 0 Å². The Bertz CT molecular complexity index is 958. The third kappa shape index (κ3) is 5.71. The number of carbonyl (C=O) groups is 2. The fourth-order valence-corrected chi connectivity index (χ4v) is 4.40. The van der Waals surface area contributed by atoms with E-state index in [2.05, 4.69) is 10.2 Å². The summed E-state index contributed by atoms with van der Waals surface area (Å²) in [5, 5.41) is 3.22. The molecule has 0 bridgehead atoms. The van der Waals surface area contributed by atoms with E-state index in [-0.39, 0.29) is 23.7 Å². The number of hydrogen-bond donors (Lipinski definition) is 1. The summed E-state index contributed by atoms with van der Waals surface area (Å²) in [5.41, 5.74) is 2.96. The number of nitrogens with zero attached hydrogens (tertiary/aromatic N) is 1. The molecule has 1 aliphatic heterocycles. The summed E-state index contributed by atoms with van der Waals surface area (Å²) in [6.07, 6.45) is 2.16. The highest BCUT2D eigenvalue weighted by Crippen LogP contribution is 2.23. The van der Waals surface area contributed by atoms with Gasteiger partial charge in [0.2, 0.25) is 5.91 Å². The maximum Gasteiger partial charge on any atom is 0.222 e. The van der Waals surface area contributed by atoms with Crippen molar-refractivity contribution in [1.29, 1.82) is 0 Å². The molecule has 4 rings (SSSR count). The van der Waals surface area contributed by atoms with Crippen molar-refractivity contribution >= 4 is 11.7 Å². The van der Waals surface area contributed by atoms with E-state index in [1.165, 1.54) is 0 Å². The van der Waals surface area contributed by atoms with Gasteiger partial charge in [-0.2, -0.15) is 0 Å². The summed E-state index contributed by atoms with van der Waals surface area (Å²) in [6, 6.07) is 29.6. The molecule has 0 unspecified atom stereocenters. The first-order chi connectivity index (χ1) is 15.7. The van der Waals surface area contributed by atoms with Crippen molar-refractivity contribution in [2.45, 2.75) is 25.3 Å². The van der Waals surface area contributed by atoms with E-state index >= 15 is 0 Å². The predicted octanol–water partition coefficient (Wildman–Crippen LogP) is 4.88. The fraction of sp³-hybridized carbons (Fsp3) is 0.286. The molecule has 0 aliphatic carbocycles. The second kappa shape index (κ2) is 10.9. The fourth-order valence-electron chi connectivity index (χ4n) is 4.40. The van der Waals surface area contributed by atoms with E-state index < -0.39 is 0 Å². The van der Waals surface area contributed by atoms with Gasteiger partial charge >= 0.3 is 0 Å². The molecule has 1 saturated heterocycles. The smallest absolute Gasteiger partial charge is 0.222 e. The average Bonchev–Trinajstić information content (AvgIpc) is 2.87. The van der Waals surface area contributed by atoms with Crippen LogP contribution in [0, 0.1) is 5.92 Å². The number of hydrogen-bond acceptors (Lipinski definition) is 3. The van der Waals surface area contributed by atoms with Gasteiger partial charge in [0.1, 0.15) is 0 Å². The summed E-state index contributed by atoms with van der Waals surface area (Å²) >= 11 is 0. The summed E-state index contributed by atoms with van der Waals surface area (Å²) in [4.78, 5) is 27.8. The van der Waals surface area contributed by atoms with Crippen LogP contribution in [0.25, 0.3) is 0 Å². The van der Waals surface area contributed by atoms with Crippen LogP contribution in [0.1, 0.15) is 46.8 Å². The van der Waals surface area contributed by atoms with E-state index in [0.717, 1.165) is 42.6 Å². The molecule has 164 valence electrons. The molecular formula is C28H30N2O2. The lowest BCUT2D eigenvalue weighted by atomic mass is 9.89. The van der Waals surface area contributed by atoms with Crippen molar-refractivity contribution in [3.63, 3.8) is 0 Å². The maximum absolute atomic E-state index is 12.8. The predicted molar refractivity (Wildman–Crippen MR) is 127 cm³/mol. The van der Waals surface area contributed by atoms with E-state index in [9.17, 15) is 9.59 Å². The SMILES string of the molecule is O=C(CCN1CCC(C(=O)c2ccccc2)CC1)NC(c1ccccc1)c1ccccc1. The lowest BCUT2D eigenvalue weighted by Gasteiger charge is -2.31. The van der Waals surface area contributed by atoms with E-state index in [1.54, 1.807) is 0 Å². The Kier molecular flexibility index (Phi) is 7.47. The average molecular weight is 427 g/mol. The van der Waals surface area contributed by atoms with Crippen LogP contribution in [0.4, 0.5) is 0 Å². The molecule has 0 radical (unpaired) electrons. The Balaban J connectivity index is 1.29. The minimum absolute atomic E-state index is 0.0465. The molecule has 3 aromatic carbocycles. The molecule has 0 aromatic heterocycles. The van der Waals surface area contributed by atoms with Gasteiger partial charge in [-0.25, -0.2) is 0 Å². The number of carbonyl (C=O) groups excluding carboxylic acids is 2. The highest BCUT2D eigenvalue weighted by Gasteiger charge is 2.26. The van der Waals surface area contributed by atoms with Crippen LogP contribution < -0.4 is 5.32 Å². The molecule has 3 aromatic rings. The highest BCUT2D eigenvalue weighted by atomic mass is 16.1. The van der Waals surface area contributed by atoms with Crippen molar-refractivity contribution < 1.29 is 9.59 Å². The number of likely N-dealkylation sites (tertiary alicyclic amines) is 1. The number of ketones is 1. The number of nitrogens with one attached hydrogen (secondary N) is 1. The first-order valence-electron chi connectivity index (χ1n) is 11.4. The standard InChI is InChI=1S/C28H30N2O2/c31-26(29-27(22-10-4-1-5-11-22)23-12-6-2-7-13-23)18-21-30-19-16-25(17-20-30)28(32)24-14-8-3-9-15-24/h1-15,25,27H,16-21H2,(H,29,31). The monoisotopic (exact) mass is 426 g/mol. The molecule has 0 spiro atoms. The summed E-state index contributed by atoms with van der Waals surface area (Å²) in [5.74, 6) is 0.379. The normalized spacial score (nSPS) is 14.9. The maximum atomic E-state index is 12.8. The molecule has 32 heavy (non-hydrogen) atoms. The third-order valence-corrected chi connectivity index (χ3v) is 6.24. The van der Waals surface area contributed by atoms with E-state index in [0.29, 0.717) is 13.0 Å². The molecular weight excluding hydrogens is 396 g/mol. The van der Waals surface area contributed by atoms with Gasteiger partial charge in [0.05, 0.1) is 6.04 Å². The van der Waals surface area contributed by atoms with Crippen molar-refractivity contribution in [3.05, 3.63) is 108 Å². The largest absolute Gasteiger partial charge is 0.345 e. The van der Waals surface area contributed by atoms with Gasteiger partial charge in [0.25, 0.3) is 0 Å². The number of amides is 1. The van der Waals surface area contributed by atoms with Crippen LogP contribution in [-0.2, 0) is 4.79 Å². The van der Waals surface area contributed by atoms with Crippen LogP contribution in [0.3, 0.4) is 0 Å². The van der Waals surface area contributed by atoms with Gasteiger partial charge in [0, 0.05) is 24.4 Å². The van der Waals surface area contributed by atoms with Gasteiger partial charge in [-0.15, -0.1) is 0 Å². The second-order valence-electron chi connectivity index (χ2n) is 8.42. The van der Waals surface area contributed by atoms with Crippen molar-refractivity contribution in [3.8, 4) is 0 Å². The highest BCUT2D eigenvalue weighted by molar-refractivity contribution is 5.97. The Hall–Kier alpha value is -3.24. The quantitative estimate of drug-likeness (QED) is 0.523. The van der Waals surface area contributed by atoms with Gasteiger partial charge in [0.15, 0.2) is 5.78 Å². The molecule has 0 saturated carbocycles. The van der Waals surface area contributed by atoms with Gasteiger partial charge in [-0.1, -0.05) is 91.0 Å². The van der Waals surface area contributed by atoms with Gasteiger partial charge in [-0.05, 0) is 37.1 Å². The lowest BCUT2D eigenvalue weighted by molar-refractivity contribution is -0.122. The molecule has 4 heteroatoms. The Morgan fingerprint density at radius 3 is 1.81 bits per heavy atom. The Morgan fingerprint density at radius 2 is 1.28 bits per heavy atom. The van der Waals surface area contributed by atoms with Crippen molar-refractivity contribution in [1.82, 2.24) is 10.2 Å². The topological polar surface area (TPSA) is 49.4 Å². The first-order valence-corrected chi connectivity index (χ1v) is 11.4. The van der Waals surface area contributed by atoms with Crippen LogP contribution in [0.2, 0.25) is 0 Å². The molecule has 1 N–H and O–H groups in total. The zero-order chi connectivity index (χ0) is 22.2. The number of benzene rings is 3. The zero-order valence-corrected chi connectivity index (χ0v) is 18.3. The van der Waals surface area contributed by atoms with E-state index in [1.807, 2.05) is 91.0 Å². The minimum Gasteiger partial charge on any atom is -0.345 e. The Labute approximate surface area is 190 Å². The molecule has 1 aliphatic rings. The Morgan fingerprint density at radius 1 is 0.781 bits per heavy atom.